The molecule has 0 aliphatic carbocycles. The molecule has 0 radical (unpaired) electrons. The average molecular weight is 369 g/mol. The van der Waals surface area contributed by atoms with E-state index < -0.39 is 0 Å². The quantitative estimate of drug-likeness (QED) is 0.251. The van der Waals surface area contributed by atoms with Gasteiger partial charge in [-0.05, 0) is 38.5 Å². The third-order valence-electron chi connectivity index (χ3n) is 4.43. The van der Waals surface area contributed by atoms with Gasteiger partial charge in [-0.3, -0.25) is 0 Å². The Labute approximate surface area is 170 Å². The molecule has 0 heteroatoms. The lowest BCUT2D eigenvalue weighted by atomic mass is 9.91. The third-order valence-corrected chi connectivity index (χ3v) is 4.43. The van der Waals surface area contributed by atoms with Crippen molar-refractivity contribution in [2.45, 2.75) is 133 Å². The second-order valence-corrected chi connectivity index (χ2v) is 7.62. The lowest BCUT2D eigenvalue weighted by molar-refractivity contribution is 0.443. The van der Waals surface area contributed by atoms with Gasteiger partial charge in [0.25, 0.3) is 0 Å². The van der Waals surface area contributed by atoms with Crippen LogP contribution in [-0.2, 0) is 0 Å². The van der Waals surface area contributed by atoms with Gasteiger partial charge in [0.2, 0.25) is 0 Å². The van der Waals surface area contributed by atoms with E-state index in [1.165, 1.54) is 75.4 Å². The van der Waals surface area contributed by atoms with E-state index in [2.05, 4.69) is 68.5 Å². The molecule has 2 unspecified atom stereocenters. The van der Waals surface area contributed by atoms with Gasteiger partial charge in [-0.2, -0.15) is 0 Å². The molecule has 0 aromatic rings. The van der Waals surface area contributed by atoms with Crippen LogP contribution in [0.1, 0.15) is 133 Å². The fraction of sp³-hybridized carbons (Fsp3) is 0.846. The van der Waals surface area contributed by atoms with Gasteiger partial charge < -0.3 is 0 Å². The van der Waals surface area contributed by atoms with E-state index >= 15 is 0 Å². The highest BCUT2D eigenvalue weighted by Crippen LogP contribution is 2.19. The van der Waals surface area contributed by atoms with Crippen LogP contribution in [0.15, 0.2) is 24.3 Å². The predicted octanol–water partition coefficient (Wildman–Crippen LogP) is 10.4. The summed E-state index contributed by atoms with van der Waals surface area (Å²) < 4.78 is 0. The molecule has 0 nitrogen and oxygen atoms in total. The van der Waals surface area contributed by atoms with Gasteiger partial charge in [-0.1, -0.05) is 124 Å². The van der Waals surface area contributed by atoms with Crippen LogP contribution < -0.4 is 0 Å². The first-order valence-corrected chi connectivity index (χ1v) is 11.6. The Kier molecular flexibility index (Phi) is 37.2. The number of unbranched alkanes of at least 4 members (excludes halogenated alkanes) is 5. The molecule has 0 aliphatic heterocycles. The number of rotatable bonds is 11. The lowest BCUT2D eigenvalue weighted by Crippen LogP contribution is -2.02. The van der Waals surface area contributed by atoms with E-state index in [1.807, 2.05) is 13.8 Å². The largest absolute Gasteiger partial charge is 0.100 e. The molecule has 0 aliphatic rings. The molecule has 26 heavy (non-hydrogen) atoms. The Hall–Kier alpha value is -0.520. The van der Waals surface area contributed by atoms with Crippen molar-refractivity contribution in [3.05, 3.63) is 24.3 Å². The van der Waals surface area contributed by atoms with Gasteiger partial charge in [0, 0.05) is 0 Å². The molecule has 0 amide bonds. The lowest BCUT2D eigenvalue weighted by Gasteiger charge is -2.15. The molecule has 0 N–H and O–H groups in total. The second kappa shape index (κ2) is 29.3. The van der Waals surface area contributed by atoms with Crippen molar-refractivity contribution in [2.24, 2.45) is 11.8 Å². The van der Waals surface area contributed by atoms with Crippen LogP contribution in [-0.4, -0.2) is 0 Å². The summed E-state index contributed by atoms with van der Waals surface area (Å²) in [6.45, 7) is 29.3. The van der Waals surface area contributed by atoms with Gasteiger partial charge in [-0.15, -0.1) is 6.58 Å². The summed E-state index contributed by atoms with van der Waals surface area (Å²) in [6.07, 6.45) is 13.5. The molecular formula is C26H56. The van der Waals surface area contributed by atoms with Crippen LogP contribution in [0.4, 0.5) is 0 Å². The summed E-state index contributed by atoms with van der Waals surface area (Å²) in [6, 6.07) is 0. The van der Waals surface area contributed by atoms with E-state index in [-0.39, 0.29) is 0 Å². The zero-order valence-corrected chi connectivity index (χ0v) is 20.6. The van der Waals surface area contributed by atoms with Crippen molar-refractivity contribution in [3.8, 4) is 0 Å². The van der Waals surface area contributed by atoms with E-state index in [4.69, 9.17) is 0 Å². The summed E-state index contributed by atoms with van der Waals surface area (Å²) in [5, 5.41) is 0. The second-order valence-electron chi connectivity index (χ2n) is 7.62. The van der Waals surface area contributed by atoms with Gasteiger partial charge in [-0.25, -0.2) is 0 Å². The summed E-state index contributed by atoms with van der Waals surface area (Å²) in [5.41, 5.74) is 2.61. The molecule has 0 heterocycles. The standard InChI is InChI=1S/C10H20.C8H18.C6H12.C2H6/c1-6-9(4)7-10(5)8(2)3;1-3-5-7-8-6-4-2;1-4-5-6(2)3;1-2/h9-10H,2,6-7H2,1,3-5H3;3-8H2,1-2H3;2,4-5H2,1,3H3;1-2H3. The fourth-order valence-corrected chi connectivity index (χ4v) is 2.25. The van der Waals surface area contributed by atoms with Crippen molar-refractivity contribution in [1.82, 2.24) is 0 Å². The van der Waals surface area contributed by atoms with Gasteiger partial charge >= 0.3 is 0 Å². The molecule has 160 valence electrons. The van der Waals surface area contributed by atoms with Gasteiger partial charge in [0.1, 0.15) is 0 Å². The molecular weight excluding hydrogens is 312 g/mol. The summed E-state index contributed by atoms with van der Waals surface area (Å²) >= 11 is 0. The number of hydrogen-bond donors (Lipinski definition) is 0. The highest BCUT2D eigenvalue weighted by molar-refractivity contribution is 4.93. The van der Waals surface area contributed by atoms with Crippen LogP contribution >= 0.6 is 0 Å². The highest BCUT2D eigenvalue weighted by atomic mass is 14.1. The highest BCUT2D eigenvalue weighted by Gasteiger charge is 2.06. The molecule has 0 spiro atoms. The minimum Gasteiger partial charge on any atom is -0.100 e. The Morgan fingerprint density at radius 3 is 1.35 bits per heavy atom. The van der Waals surface area contributed by atoms with Crippen molar-refractivity contribution in [2.75, 3.05) is 0 Å². The maximum absolute atomic E-state index is 3.94. The third kappa shape index (κ3) is 38.8. The van der Waals surface area contributed by atoms with Crippen molar-refractivity contribution < 1.29 is 0 Å². The molecule has 0 aromatic carbocycles. The van der Waals surface area contributed by atoms with Crippen LogP contribution in [0.3, 0.4) is 0 Å². The van der Waals surface area contributed by atoms with E-state index in [0.29, 0.717) is 5.92 Å². The van der Waals surface area contributed by atoms with E-state index in [9.17, 15) is 0 Å². The Balaban J connectivity index is -0.000000137. The van der Waals surface area contributed by atoms with Crippen molar-refractivity contribution in [1.29, 1.82) is 0 Å². The molecule has 0 aromatic heterocycles. The first kappa shape index (κ1) is 33.1. The molecule has 0 bridgehead atoms. The minimum atomic E-state index is 0.704. The van der Waals surface area contributed by atoms with E-state index in [0.717, 1.165) is 5.92 Å². The monoisotopic (exact) mass is 368 g/mol. The maximum atomic E-state index is 3.94. The summed E-state index contributed by atoms with van der Waals surface area (Å²) in [4.78, 5) is 0. The van der Waals surface area contributed by atoms with Crippen LogP contribution in [0.25, 0.3) is 0 Å². The summed E-state index contributed by atoms with van der Waals surface area (Å²) in [7, 11) is 0. The zero-order chi connectivity index (χ0) is 21.4. The number of allylic oxidation sites excluding steroid dienone is 2. The van der Waals surface area contributed by atoms with Crippen LogP contribution in [0.2, 0.25) is 0 Å². The fourth-order valence-electron chi connectivity index (χ4n) is 2.25. The molecule has 0 saturated carbocycles. The summed E-state index contributed by atoms with van der Waals surface area (Å²) in [5.74, 6) is 1.56. The predicted molar refractivity (Wildman–Crippen MR) is 128 cm³/mol. The average Bonchev–Trinajstić information content (AvgIpc) is 2.61. The smallest absolute Gasteiger partial charge is 0.0235 e. The maximum Gasteiger partial charge on any atom is -0.0235 e. The first-order chi connectivity index (χ1) is 12.3. The van der Waals surface area contributed by atoms with Crippen molar-refractivity contribution >= 4 is 0 Å². The Morgan fingerprint density at radius 1 is 0.731 bits per heavy atom. The SMILES string of the molecule is C=C(C)C(C)CC(C)CC.C=C(C)CCC.CC.CCCCCCCC. The van der Waals surface area contributed by atoms with Crippen LogP contribution in [0.5, 0.6) is 0 Å². The zero-order valence-electron chi connectivity index (χ0n) is 20.6. The van der Waals surface area contributed by atoms with Crippen LogP contribution in [0, 0.1) is 11.8 Å². The molecule has 2 atom stereocenters. The topological polar surface area (TPSA) is 0 Å². The first-order valence-electron chi connectivity index (χ1n) is 11.6. The molecule has 0 rings (SSSR count). The Morgan fingerprint density at radius 2 is 1.15 bits per heavy atom. The molecule has 0 fully saturated rings. The van der Waals surface area contributed by atoms with E-state index in [1.54, 1.807) is 0 Å². The van der Waals surface area contributed by atoms with Gasteiger partial charge in [0.15, 0.2) is 0 Å². The minimum absolute atomic E-state index is 0.704. The normalized spacial score (nSPS) is 11.5. The van der Waals surface area contributed by atoms with Gasteiger partial charge in [0.05, 0.1) is 0 Å². The number of hydrogen-bond acceptors (Lipinski definition) is 0. The molecule has 0 saturated heterocycles. The van der Waals surface area contributed by atoms with Crippen molar-refractivity contribution in [3.63, 3.8) is 0 Å². The Bertz CT molecular complexity index is 255.